The Hall–Kier alpha value is -3.13. The van der Waals surface area contributed by atoms with Crippen LogP contribution in [-0.4, -0.2) is 30.3 Å². The fraction of sp³-hybridized carbons (Fsp3) is 0.0500. The molecule has 14 heteroatoms. The molecule has 2 heterocycles. The van der Waals surface area contributed by atoms with Gasteiger partial charge in [0, 0.05) is 10.6 Å². The molecule has 2 amide bonds. The van der Waals surface area contributed by atoms with Crippen LogP contribution in [0.3, 0.4) is 0 Å². The number of amides is 2. The van der Waals surface area contributed by atoms with Crippen LogP contribution in [0.2, 0.25) is 4.34 Å². The zero-order valence-electron chi connectivity index (χ0n) is 17.1. The number of thiophene rings is 1. The van der Waals surface area contributed by atoms with Crippen molar-refractivity contribution in [2.75, 3.05) is 11.6 Å². The molecule has 0 unspecified atom stereocenters. The topological polar surface area (TPSA) is 130 Å². The van der Waals surface area contributed by atoms with Crippen LogP contribution < -0.4 is 21.3 Å². The number of sulfonamides is 1. The fourth-order valence-electron chi connectivity index (χ4n) is 3.08. The molecule has 0 aliphatic heterocycles. The first-order valence-corrected chi connectivity index (χ1v) is 13.2. The van der Waals surface area contributed by atoms with E-state index in [0.29, 0.717) is 10.1 Å². The number of hydrogen-bond donors (Lipinski definition) is 3. The highest BCUT2D eigenvalue weighted by Crippen LogP contribution is 2.25. The van der Waals surface area contributed by atoms with Gasteiger partial charge < -0.3 is 10.3 Å². The number of aromatic amines is 1. The number of benzene rings is 2. The minimum absolute atomic E-state index is 0.104. The molecule has 4 aromatic rings. The van der Waals surface area contributed by atoms with E-state index in [-0.39, 0.29) is 25.3 Å². The Morgan fingerprint density at radius 2 is 1.91 bits per heavy atom. The number of aromatic nitrogens is 2. The van der Waals surface area contributed by atoms with Crippen LogP contribution in [0.1, 0.15) is 0 Å². The minimum atomic E-state index is -4.17. The highest BCUT2D eigenvalue weighted by Gasteiger charge is 2.20. The zero-order valence-corrected chi connectivity index (χ0v) is 20.3. The summed E-state index contributed by atoms with van der Waals surface area (Å²) in [6, 6.07) is 9.60. The smallest absolute Gasteiger partial charge is 0.307 e. The molecule has 176 valence electrons. The molecule has 34 heavy (non-hydrogen) atoms. The molecule has 0 aliphatic rings. The SMILES string of the molecule is CSc1ccc2[nH]c(=O)n(-c3ccc(NC(=O)NS(=O)(=O)c4ccc(Cl)s4)cc3F)c(=O)c2c1. The number of hydrogen-bond acceptors (Lipinski definition) is 7. The van der Waals surface area contributed by atoms with E-state index in [1.807, 2.05) is 6.26 Å². The Labute approximate surface area is 204 Å². The molecule has 0 radical (unpaired) electrons. The van der Waals surface area contributed by atoms with Gasteiger partial charge in [0.15, 0.2) is 0 Å². The Morgan fingerprint density at radius 1 is 1.15 bits per heavy atom. The Bertz CT molecular complexity index is 1660. The molecule has 0 spiro atoms. The van der Waals surface area contributed by atoms with Crippen LogP contribution >= 0.6 is 34.7 Å². The van der Waals surface area contributed by atoms with Crippen molar-refractivity contribution in [2.24, 2.45) is 0 Å². The van der Waals surface area contributed by atoms with Gasteiger partial charge in [-0.2, -0.15) is 0 Å². The lowest BCUT2D eigenvalue weighted by Gasteiger charge is -2.11. The molecule has 2 aromatic heterocycles. The third-order valence-corrected chi connectivity index (χ3v) is 8.37. The van der Waals surface area contributed by atoms with Crippen LogP contribution in [0.25, 0.3) is 16.6 Å². The number of nitrogens with one attached hydrogen (secondary N) is 3. The lowest BCUT2D eigenvalue weighted by molar-refractivity contribution is 0.256. The summed E-state index contributed by atoms with van der Waals surface area (Å²) >= 11 is 7.88. The van der Waals surface area contributed by atoms with E-state index in [4.69, 9.17) is 11.6 Å². The summed E-state index contributed by atoms with van der Waals surface area (Å²) in [6.07, 6.45) is 1.83. The molecule has 2 aromatic carbocycles. The van der Waals surface area contributed by atoms with E-state index < -0.39 is 33.1 Å². The normalized spacial score (nSPS) is 11.5. The van der Waals surface area contributed by atoms with E-state index in [1.54, 1.807) is 22.9 Å². The van der Waals surface area contributed by atoms with Crippen molar-refractivity contribution in [3.05, 3.63) is 79.5 Å². The van der Waals surface area contributed by atoms with E-state index >= 15 is 0 Å². The van der Waals surface area contributed by atoms with Crippen LogP contribution in [0.15, 0.2) is 67.2 Å². The van der Waals surface area contributed by atoms with Crippen molar-refractivity contribution in [1.82, 2.24) is 14.3 Å². The first kappa shape index (κ1) is 24.0. The van der Waals surface area contributed by atoms with E-state index in [9.17, 15) is 27.2 Å². The highest BCUT2D eigenvalue weighted by molar-refractivity contribution is 7.98. The Balaban J connectivity index is 1.63. The summed E-state index contributed by atoms with van der Waals surface area (Å²) in [6.45, 7) is 0. The van der Waals surface area contributed by atoms with Gasteiger partial charge in [0.05, 0.1) is 20.9 Å². The molecular weight excluding hydrogens is 527 g/mol. The maximum atomic E-state index is 14.9. The Morgan fingerprint density at radius 3 is 2.56 bits per heavy atom. The summed E-state index contributed by atoms with van der Waals surface area (Å²) < 4.78 is 41.8. The number of H-pyrrole nitrogens is 1. The molecule has 0 fully saturated rings. The second kappa shape index (κ2) is 9.25. The van der Waals surface area contributed by atoms with Gasteiger partial charge in [0.1, 0.15) is 10.0 Å². The van der Waals surface area contributed by atoms with Gasteiger partial charge in [-0.1, -0.05) is 11.6 Å². The maximum Gasteiger partial charge on any atom is 0.333 e. The largest absolute Gasteiger partial charge is 0.333 e. The molecule has 3 N–H and O–H groups in total. The number of anilines is 1. The van der Waals surface area contributed by atoms with E-state index in [1.165, 1.54) is 30.0 Å². The molecule has 0 atom stereocenters. The van der Waals surface area contributed by atoms with Crippen LogP contribution in [0.4, 0.5) is 14.9 Å². The van der Waals surface area contributed by atoms with Crippen molar-refractivity contribution in [3.63, 3.8) is 0 Å². The summed E-state index contributed by atoms with van der Waals surface area (Å²) in [5.41, 5.74) is -1.68. The predicted molar refractivity (Wildman–Crippen MR) is 131 cm³/mol. The zero-order chi connectivity index (χ0) is 24.6. The lowest BCUT2D eigenvalue weighted by atomic mass is 10.2. The highest BCUT2D eigenvalue weighted by atomic mass is 35.5. The number of urea groups is 1. The second-order valence-corrected chi connectivity index (χ2v) is 11.3. The summed E-state index contributed by atoms with van der Waals surface area (Å²) in [7, 11) is -4.17. The molecule has 0 saturated heterocycles. The lowest BCUT2D eigenvalue weighted by Crippen LogP contribution is -2.35. The van der Waals surface area contributed by atoms with Gasteiger partial charge in [-0.15, -0.1) is 23.1 Å². The van der Waals surface area contributed by atoms with Gasteiger partial charge in [0.25, 0.3) is 15.6 Å². The van der Waals surface area contributed by atoms with Gasteiger partial charge in [-0.05, 0) is 54.8 Å². The predicted octanol–water partition coefficient (Wildman–Crippen LogP) is 3.77. The summed E-state index contributed by atoms with van der Waals surface area (Å²) in [5, 5.41) is 2.39. The number of nitrogens with zero attached hydrogens (tertiary/aromatic N) is 1. The number of halogens is 2. The van der Waals surface area contributed by atoms with Crippen LogP contribution in [0.5, 0.6) is 0 Å². The number of rotatable bonds is 5. The van der Waals surface area contributed by atoms with Crippen molar-refractivity contribution in [2.45, 2.75) is 9.10 Å². The minimum Gasteiger partial charge on any atom is -0.307 e. The molecule has 9 nitrogen and oxygen atoms in total. The quantitative estimate of drug-likeness (QED) is 0.330. The van der Waals surface area contributed by atoms with Gasteiger partial charge in [-0.3, -0.25) is 4.79 Å². The van der Waals surface area contributed by atoms with Crippen molar-refractivity contribution < 1.29 is 17.6 Å². The third-order valence-electron chi connectivity index (χ3n) is 4.59. The molecule has 0 bridgehead atoms. The second-order valence-electron chi connectivity index (χ2n) is 6.77. The maximum absolute atomic E-state index is 14.9. The standard InChI is InChI=1S/C20H14ClFN4O5S3/c1-32-11-3-4-14-12(9-11)18(27)26(20(29)24-14)15-5-2-10(8-13(15)22)23-19(28)25-34(30,31)17-7-6-16(21)33-17/h2-9H,1H3,(H,24,29)(H2,23,25,28). The Kier molecular flexibility index (Phi) is 6.53. The summed E-state index contributed by atoms with van der Waals surface area (Å²) in [5.74, 6) is -0.987. The van der Waals surface area contributed by atoms with Crippen molar-refractivity contribution >= 4 is 67.3 Å². The van der Waals surface area contributed by atoms with Gasteiger partial charge in [0.2, 0.25) is 0 Å². The summed E-state index contributed by atoms with van der Waals surface area (Å²) in [4.78, 5) is 40.9. The third kappa shape index (κ3) is 4.73. The number of thioether (sulfide) groups is 1. The first-order chi connectivity index (χ1) is 16.1. The van der Waals surface area contributed by atoms with Crippen LogP contribution in [0, 0.1) is 5.82 Å². The fourth-order valence-corrected chi connectivity index (χ4v) is 5.91. The average Bonchev–Trinajstić information content (AvgIpc) is 3.22. The van der Waals surface area contributed by atoms with Gasteiger partial charge in [-0.25, -0.2) is 31.7 Å². The first-order valence-electron chi connectivity index (χ1n) is 9.31. The molecule has 4 rings (SSSR count). The molecular formula is C20H14ClFN4O5S3. The van der Waals surface area contributed by atoms with Gasteiger partial charge >= 0.3 is 11.7 Å². The van der Waals surface area contributed by atoms with E-state index in [0.717, 1.165) is 28.4 Å². The van der Waals surface area contributed by atoms with Crippen molar-refractivity contribution in [3.8, 4) is 5.69 Å². The molecule has 0 aliphatic carbocycles. The average molecular weight is 541 g/mol. The number of fused-ring (bicyclic) bond motifs is 1. The van der Waals surface area contributed by atoms with Crippen molar-refractivity contribution in [1.29, 1.82) is 0 Å². The van der Waals surface area contributed by atoms with E-state index in [2.05, 4.69) is 10.3 Å². The monoisotopic (exact) mass is 540 g/mol. The number of carbonyl (C=O) groups excluding carboxylic acids is 1. The van der Waals surface area contributed by atoms with Crippen LogP contribution in [-0.2, 0) is 10.0 Å². The number of carbonyl (C=O) groups is 1. The molecule has 0 saturated carbocycles.